The second kappa shape index (κ2) is 7.54. The molecule has 0 radical (unpaired) electrons. The van der Waals surface area contributed by atoms with Crippen LogP contribution in [0.3, 0.4) is 0 Å². The number of hydrogen-bond donors (Lipinski definition) is 2. The van der Waals surface area contributed by atoms with E-state index in [9.17, 15) is 5.11 Å². The molecule has 0 spiro atoms. The average molecular weight is 319 g/mol. The summed E-state index contributed by atoms with van der Waals surface area (Å²) < 4.78 is 5.30. The Morgan fingerprint density at radius 3 is 2.90 bits per heavy atom. The van der Waals surface area contributed by atoms with Crippen LogP contribution in [0.25, 0.3) is 11.4 Å². The number of aliphatic hydroxyl groups is 1. The molecule has 0 saturated carbocycles. The molecule has 0 unspecified atom stereocenters. The maximum absolute atomic E-state index is 9.28. The largest absolute Gasteiger partial charge is 0.396 e. The fraction of sp³-hybridized carbons (Fsp3) is 0.417. The molecule has 2 aromatic heterocycles. The third kappa shape index (κ3) is 3.27. The van der Waals surface area contributed by atoms with Crippen LogP contribution in [0.5, 0.6) is 0 Å². The van der Waals surface area contributed by atoms with Crippen molar-refractivity contribution in [1.29, 1.82) is 0 Å². The average Bonchev–Trinajstić information content (AvgIpc) is 3.08. The van der Waals surface area contributed by atoms with E-state index < -0.39 is 0 Å². The first-order valence-electron chi connectivity index (χ1n) is 5.94. The van der Waals surface area contributed by atoms with Gasteiger partial charge in [0.1, 0.15) is 0 Å². The van der Waals surface area contributed by atoms with Crippen LogP contribution < -0.4 is 5.32 Å². The topological polar surface area (TPSA) is 84.1 Å². The van der Waals surface area contributed by atoms with E-state index in [-0.39, 0.29) is 43.3 Å². The molecule has 1 aliphatic heterocycles. The van der Waals surface area contributed by atoms with Gasteiger partial charge in [0, 0.05) is 43.6 Å². The zero-order chi connectivity index (χ0) is 12.4. The van der Waals surface area contributed by atoms with Crippen molar-refractivity contribution in [2.24, 2.45) is 5.92 Å². The molecule has 2 N–H and O–H groups in total. The lowest BCUT2D eigenvalue weighted by Crippen LogP contribution is -2.15. The molecular formula is C12H16Cl2N4O2. The molecule has 0 aromatic carbocycles. The van der Waals surface area contributed by atoms with Gasteiger partial charge in [0.05, 0.1) is 5.92 Å². The van der Waals surface area contributed by atoms with Gasteiger partial charge in [-0.25, -0.2) is 0 Å². The van der Waals surface area contributed by atoms with Gasteiger partial charge in [-0.2, -0.15) is 4.98 Å². The molecule has 1 aliphatic rings. The molecule has 110 valence electrons. The standard InChI is InChI=1S/C12H14N4O2.2ClH/c17-7-9-5-14-6-10(9)12-15-11(16-18-12)8-2-1-3-13-4-8;;/h1-4,9-10,14,17H,5-7H2;2*1H/t9-,10+;;/m0../s1. The smallest absolute Gasteiger partial charge is 0.231 e. The van der Waals surface area contributed by atoms with Crippen LogP contribution in [0.15, 0.2) is 29.0 Å². The van der Waals surface area contributed by atoms with Crippen LogP contribution >= 0.6 is 24.8 Å². The summed E-state index contributed by atoms with van der Waals surface area (Å²) in [5.74, 6) is 1.36. The minimum atomic E-state index is 0. The van der Waals surface area contributed by atoms with Crippen molar-refractivity contribution in [3.05, 3.63) is 30.4 Å². The zero-order valence-corrected chi connectivity index (χ0v) is 12.2. The van der Waals surface area contributed by atoms with Gasteiger partial charge in [0.15, 0.2) is 0 Å². The molecule has 0 bridgehead atoms. The molecule has 0 aliphatic carbocycles. The molecule has 8 heteroatoms. The van der Waals surface area contributed by atoms with Crippen molar-refractivity contribution >= 4 is 24.8 Å². The van der Waals surface area contributed by atoms with E-state index in [1.54, 1.807) is 12.4 Å². The first-order valence-corrected chi connectivity index (χ1v) is 5.94. The summed E-state index contributed by atoms with van der Waals surface area (Å²) in [5, 5.41) is 16.5. The van der Waals surface area contributed by atoms with Crippen LogP contribution in [-0.2, 0) is 0 Å². The Morgan fingerprint density at radius 2 is 2.20 bits per heavy atom. The number of rotatable bonds is 3. The molecule has 3 rings (SSSR count). The third-order valence-corrected chi connectivity index (χ3v) is 3.25. The fourth-order valence-corrected chi connectivity index (χ4v) is 2.21. The number of pyridine rings is 1. The van der Waals surface area contributed by atoms with E-state index in [1.807, 2.05) is 12.1 Å². The lowest BCUT2D eigenvalue weighted by Gasteiger charge is -2.10. The monoisotopic (exact) mass is 318 g/mol. The summed E-state index contributed by atoms with van der Waals surface area (Å²) >= 11 is 0. The first-order chi connectivity index (χ1) is 8.88. The van der Waals surface area contributed by atoms with Crippen molar-refractivity contribution in [2.75, 3.05) is 19.7 Å². The number of nitrogens with one attached hydrogen (secondary N) is 1. The summed E-state index contributed by atoms with van der Waals surface area (Å²) in [5.41, 5.74) is 0.832. The van der Waals surface area contributed by atoms with Gasteiger partial charge in [-0.05, 0) is 12.1 Å². The van der Waals surface area contributed by atoms with Crippen molar-refractivity contribution in [2.45, 2.75) is 5.92 Å². The van der Waals surface area contributed by atoms with Gasteiger partial charge in [-0.3, -0.25) is 4.98 Å². The number of hydrogen-bond acceptors (Lipinski definition) is 6. The number of aliphatic hydroxyl groups excluding tert-OH is 1. The van der Waals surface area contributed by atoms with Gasteiger partial charge in [-0.1, -0.05) is 5.16 Å². The van der Waals surface area contributed by atoms with E-state index in [4.69, 9.17) is 4.52 Å². The summed E-state index contributed by atoms with van der Waals surface area (Å²) in [6.45, 7) is 1.67. The van der Waals surface area contributed by atoms with Gasteiger partial charge in [0.2, 0.25) is 11.7 Å². The van der Waals surface area contributed by atoms with Gasteiger partial charge < -0.3 is 14.9 Å². The summed E-state index contributed by atoms with van der Waals surface area (Å²) in [4.78, 5) is 8.42. The normalized spacial score (nSPS) is 21.1. The fourth-order valence-electron chi connectivity index (χ4n) is 2.21. The highest BCUT2D eigenvalue weighted by Gasteiger charge is 2.32. The second-order valence-electron chi connectivity index (χ2n) is 4.41. The lowest BCUT2D eigenvalue weighted by atomic mass is 9.97. The minimum absolute atomic E-state index is 0. The van der Waals surface area contributed by atoms with E-state index in [0.717, 1.165) is 18.7 Å². The van der Waals surface area contributed by atoms with Crippen molar-refractivity contribution in [3.8, 4) is 11.4 Å². The van der Waals surface area contributed by atoms with Crippen LogP contribution in [-0.4, -0.2) is 39.9 Å². The maximum Gasteiger partial charge on any atom is 0.231 e. The summed E-state index contributed by atoms with van der Waals surface area (Å²) in [7, 11) is 0. The number of halogens is 2. The first kappa shape index (κ1) is 16.8. The molecule has 2 aromatic rings. The Bertz CT molecular complexity index is 523. The van der Waals surface area contributed by atoms with Crippen LogP contribution in [0.4, 0.5) is 0 Å². The summed E-state index contributed by atoms with van der Waals surface area (Å²) in [6, 6.07) is 3.72. The highest BCUT2D eigenvalue weighted by atomic mass is 35.5. The molecule has 1 saturated heterocycles. The van der Waals surface area contributed by atoms with Crippen molar-refractivity contribution in [1.82, 2.24) is 20.4 Å². The van der Waals surface area contributed by atoms with E-state index in [1.165, 1.54) is 0 Å². The van der Waals surface area contributed by atoms with E-state index in [0.29, 0.717) is 11.7 Å². The highest BCUT2D eigenvalue weighted by molar-refractivity contribution is 5.85. The zero-order valence-electron chi connectivity index (χ0n) is 10.6. The quantitative estimate of drug-likeness (QED) is 0.886. The lowest BCUT2D eigenvalue weighted by molar-refractivity contribution is 0.211. The minimum Gasteiger partial charge on any atom is -0.396 e. The third-order valence-electron chi connectivity index (χ3n) is 3.25. The van der Waals surface area contributed by atoms with Crippen molar-refractivity contribution in [3.63, 3.8) is 0 Å². The Morgan fingerprint density at radius 1 is 1.35 bits per heavy atom. The predicted molar refractivity (Wildman–Crippen MR) is 78.2 cm³/mol. The van der Waals surface area contributed by atoms with Crippen LogP contribution in [0.2, 0.25) is 0 Å². The molecule has 1 fully saturated rings. The number of aromatic nitrogens is 3. The number of nitrogens with zero attached hydrogens (tertiary/aromatic N) is 3. The Hall–Kier alpha value is -1.21. The predicted octanol–water partition coefficient (Wildman–Crippen LogP) is 1.27. The second-order valence-corrected chi connectivity index (χ2v) is 4.41. The van der Waals surface area contributed by atoms with Crippen LogP contribution in [0, 0.1) is 5.92 Å². The maximum atomic E-state index is 9.28. The van der Waals surface area contributed by atoms with Crippen molar-refractivity contribution < 1.29 is 9.63 Å². The molecule has 0 amide bonds. The van der Waals surface area contributed by atoms with Crippen LogP contribution in [0.1, 0.15) is 11.8 Å². The Kier molecular flexibility index (Phi) is 6.35. The van der Waals surface area contributed by atoms with E-state index >= 15 is 0 Å². The SMILES string of the molecule is Cl.Cl.OC[C@@H]1CNC[C@H]1c1nc(-c2cccnc2)no1. The molecule has 3 heterocycles. The molecule has 20 heavy (non-hydrogen) atoms. The van der Waals surface area contributed by atoms with Gasteiger partial charge >= 0.3 is 0 Å². The molecule has 2 atom stereocenters. The van der Waals surface area contributed by atoms with Gasteiger partial charge in [-0.15, -0.1) is 24.8 Å². The Labute approximate surface area is 128 Å². The summed E-state index contributed by atoms with van der Waals surface area (Å²) in [6.07, 6.45) is 3.40. The Balaban J connectivity index is 0.000001000. The van der Waals surface area contributed by atoms with Gasteiger partial charge in [0.25, 0.3) is 0 Å². The molecule has 6 nitrogen and oxygen atoms in total. The highest BCUT2D eigenvalue weighted by Crippen LogP contribution is 2.27. The van der Waals surface area contributed by atoms with E-state index in [2.05, 4.69) is 20.4 Å². The molecular weight excluding hydrogens is 303 g/mol.